The van der Waals surface area contributed by atoms with Crippen molar-refractivity contribution in [1.82, 2.24) is 4.98 Å². The topological polar surface area (TPSA) is 29.9 Å². The van der Waals surface area contributed by atoms with E-state index in [0.29, 0.717) is 28.1 Å². The third-order valence-corrected chi connectivity index (χ3v) is 5.30. The van der Waals surface area contributed by atoms with Crippen LogP contribution in [0.5, 0.6) is 0 Å². The van der Waals surface area contributed by atoms with Gasteiger partial charge in [-0.3, -0.25) is 0 Å². The zero-order chi connectivity index (χ0) is 24.5. The molecule has 0 aliphatic rings. The van der Waals surface area contributed by atoms with E-state index in [1.165, 1.54) is 13.8 Å². The van der Waals surface area contributed by atoms with E-state index in [2.05, 4.69) is 4.98 Å². The van der Waals surface area contributed by atoms with Crippen LogP contribution in [-0.4, -0.2) is 4.98 Å². The summed E-state index contributed by atoms with van der Waals surface area (Å²) in [6, 6.07) is 9.52. The lowest BCUT2D eigenvalue weighted by atomic mass is 9.97. The summed E-state index contributed by atoms with van der Waals surface area (Å²) in [5.41, 5.74) is 4.85. The first kappa shape index (κ1) is 13.5. The standard InChI is InChI=1S/C25H29N2O/c1-7-17-13-22(27(6)14-18(17)8-2)23-16(5)9-10-19-20-11-12-21(15(3)4)26-25(20)28-24(19)23/h9-15H,7-8H2,1-6H3/q+1/i7D2,8D2,15D. The third kappa shape index (κ3) is 2.90. The summed E-state index contributed by atoms with van der Waals surface area (Å²) in [6.45, 7) is 8.44. The Bertz CT molecular complexity index is 1390. The van der Waals surface area contributed by atoms with E-state index < -0.39 is 18.6 Å². The van der Waals surface area contributed by atoms with Gasteiger partial charge in [-0.05, 0) is 48.8 Å². The lowest BCUT2D eigenvalue weighted by Crippen LogP contribution is -2.32. The van der Waals surface area contributed by atoms with E-state index in [0.717, 1.165) is 27.6 Å². The van der Waals surface area contributed by atoms with Crippen LogP contribution < -0.4 is 4.57 Å². The third-order valence-electron chi connectivity index (χ3n) is 5.30. The first-order chi connectivity index (χ1) is 15.1. The second kappa shape index (κ2) is 7.05. The highest BCUT2D eigenvalue weighted by atomic mass is 16.3. The Morgan fingerprint density at radius 2 is 1.82 bits per heavy atom. The van der Waals surface area contributed by atoms with Crippen molar-refractivity contribution in [2.75, 3.05) is 0 Å². The molecule has 0 bridgehead atoms. The Morgan fingerprint density at radius 3 is 2.50 bits per heavy atom. The maximum absolute atomic E-state index is 8.35. The Kier molecular flexibility index (Phi) is 3.40. The molecule has 0 N–H and O–H groups in total. The molecule has 0 saturated heterocycles. The van der Waals surface area contributed by atoms with E-state index in [1.54, 1.807) is 26.1 Å². The molecular formula is C25H29N2O+. The van der Waals surface area contributed by atoms with Crippen molar-refractivity contribution in [2.45, 2.75) is 53.3 Å². The minimum absolute atomic E-state index is 0.312. The minimum Gasteiger partial charge on any atom is -0.437 e. The fraction of sp³-hybridized carbons (Fsp3) is 0.360. The molecule has 0 aliphatic heterocycles. The monoisotopic (exact) mass is 378 g/mol. The molecule has 3 nitrogen and oxygen atoms in total. The van der Waals surface area contributed by atoms with Crippen molar-refractivity contribution < 1.29 is 15.8 Å². The van der Waals surface area contributed by atoms with Gasteiger partial charge in [0.2, 0.25) is 11.4 Å². The summed E-state index contributed by atoms with van der Waals surface area (Å²) in [5, 5.41) is 1.75. The molecule has 0 aliphatic carbocycles. The van der Waals surface area contributed by atoms with Gasteiger partial charge in [-0.2, -0.15) is 0 Å². The summed E-state index contributed by atoms with van der Waals surface area (Å²) in [4.78, 5) is 4.60. The second-order valence-corrected chi connectivity index (χ2v) is 7.38. The number of nitrogens with zero attached hydrogens (tertiary/aromatic N) is 2. The quantitative estimate of drug-likeness (QED) is 0.406. The molecule has 1 aromatic carbocycles. The molecule has 0 fully saturated rings. The molecule has 144 valence electrons. The van der Waals surface area contributed by atoms with Gasteiger partial charge in [0.15, 0.2) is 11.8 Å². The van der Waals surface area contributed by atoms with Gasteiger partial charge < -0.3 is 4.42 Å². The van der Waals surface area contributed by atoms with Gasteiger partial charge in [0.05, 0.1) is 5.56 Å². The van der Waals surface area contributed by atoms with E-state index in [9.17, 15) is 0 Å². The van der Waals surface area contributed by atoms with Crippen molar-refractivity contribution in [3.8, 4) is 11.3 Å². The number of aromatic nitrogens is 2. The SMILES string of the molecule is [2H]C([2H])(C)c1cc(-c2c(C)ccc3c2oc2nc(C([2H])(C)C)ccc23)[n+](C)cc1C([2H])([2H])C. The van der Waals surface area contributed by atoms with Crippen LogP contribution >= 0.6 is 0 Å². The minimum atomic E-state index is -1.73. The van der Waals surface area contributed by atoms with Crippen LogP contribution in [0.1, 0.15) is 62.8 Å². The summed E-state index contributed by atoms with van der Waals surface area (Å²) < 4.78 is 49.5. The molecule has 3 aromatic heterocycles. The van der Waals surface area contributed by atoms with Gasteiger partial charge in [-0.25, -0.2) is 9.55 Å². The molecule has 4 aromatic rings. The maximum Gasteiger partial charge on any atom is 0.227 e. The summed E-state index contributed by atoms with van der Waals surface area (Å²) in [5.74, 6) is -0.852. The highest BCUT2D eigenvalue weighted by Gasteiger charge is 2.22. The molecule has 3 heteroatoms. The summed E-state index contributed by atoms with van der Waals surface area (Å²) >= 11 is 0. The average Bonchev–Trinajstić information content (AvgIpc) is 3.03. The predicted molar refractivity (Wildman–Crippen MR) is 116 cm³/mol. The fourth-order valence-electron chi connectivity index (χ4n) is 3.72. The molecule has 0 saturated carbocycles. The van der Waals surface area contributed by atoms with Crippen LogP contribution in [0, 0.1) is 6.92 Å². The summed E-state index contributed by atoms with van der Waals surface area (Å²) in [7, 11) is 1.83. The molecule has 0 atom stereocenters. The van der Waals surface area contributed by atoms with E-state index in [-0.39, 0.29) is 0 Å². The number of rotatable bonds is 4. The predicted octanol–water partition coefficient (Wildman–Crippen LogP) is 6.03. The molecule has 0 amide bonds. The molecule has 0 radical (unpaired) electrons. The number of hydrogen-bond donors (Lipinski definition) is 0. The van der Waals surface area contributed by atoms with Gasteiger partial charge >= 0.3 is 0 Å². The van der Waals surface area contributed by atoms with Gasteiger partial charge in [-0.15, -0.1) is 0 Å². The van der Waals surface area contributed by atoms with E-state index in [4.69, 9.17) is 11.3 Å². The van der Waals surface area contributed by atoms with Crippen LogP contribution in [-0.2, 0) is 19.8 Å². The van der Waals surface area contributed by atoms with E-state index in [1.807, 2.05) is 42.8 Å². The second-order valence-electron chi connectivity index (χ2n) is 7.38. The van der Waals surface area contributed by atoms with Crippen LogP contribution in [0.3, 0.4) is 0 Å². The number of aryl methyl sites for hydroxylation is 4. The van der Waals surface area contributed by atoms with Gasteiger partial charge in [0.1, 0.15) is 7.05 Å². The molecular weight excluding hydrogens is 344 g/mol. The van der Waals surface area contributed by atoms with Crippen molar-refractivity contribution in [3.05, 3.63) is 58.9 Å². The highest BCUT2D eigenvalue weighted by molar-refractivity contribution is 6.08. The van der Waals surface area contributed by atoms with E-state index >= 15 is 0 Å². The molecule has 28 heavy (non-hydrogen) atoms. The average molecular weight is 379 g/mol. The van der Waals surface area contributed by atoms with Gasteiger partial charge in [0, 0.05) is 34.9 Å². The fourth-order valence-corrected chi connectivity index (χ4v) is 3.72. The van der Waals surface area contributed by atoms with Crippen LogP contribution in [0.15, 0.2) is 40.9 Å². The largest absolute Gasteiger partial charge is 0.437 e. The highest BCUT2D eigenvalue weighted by Crippen LogP contribution is 2.37. The Hall–Kier alpha value is -2.68. The van der Waals surface area contributed by atoms with Crippen molar-refractivity contribution >= 4 is 22.1 Å². The van der Waals surface area contributed by atoms with Crippen molar-refractivity contribution in [2.24, 2.45) is 7.05 Å². The summed E-state index contributed by atoms with van der Waals surface area (Å²) in [6.07, 6.45) is -1.75. The van der Waals surface area contributed by atoms with Crippen LogP contribution in [0.25, 0.3) is 33.3 Å². The first-order valence-corrected chi connectivity index (χ1v) is 9.47. The zero-order valence-corrected chi connectivity index (χ0v) is 17.3. The molecule has 0 unspecified atom stereocenters. The number of hydrogen-bond acceptors (Lipinski definition) is 2. The molecule has 4 rings (SSSR count). The zero-order valence-electron chi connectivity index (χ0n) is 22.3. The van der Waals surface area contributed by atoms with Gasteiger partial charge in [-0.1, -0.05) is 39.8 Å². The molecule has 0 spiro atoms. The van der Waals surface area contributed by atoms with Crippen LogP contribution in [0.2, 0.25) is 0 Å². The maximum atomic E-state index is 8.35. The normalized spacial score (nSPS) is 15.9. The Morgan fingerprint density at radius 1 is 1.11 bits per heavy atom. The number of pyridine rings is 2. The number of benzene rings is 1. The van der Waals surface area contributed by atoms with Gasteiger partial charge in [0.25, 0.3) is 0 Å². The lowest BCUT2D eigenvalue weighted by Gasteiger charge is -2.10. The smallest absolute Gasteiger partial charge is 0.227 e. The Balaban J connectivity index is 2.06. The van der Waals surface area contributed by atoms with Crippen molar-refractivity contribution in [1.29, 1.82) is 0 Å². The molecule has 3 heterocycles. The number of furan rings is 1. The Labute approximate surface area is 174 Å². The lowest BCUT2D eigenvalue weighted by molar-refractivity contribution is -0.660. The van der Waals surface area contributed by atoms with Crippen LogP contribution in [0.4, 0.5) is 0 Å². The first-order valence-electron chi connectivity index (χ1n) is 12.0. The number of fused-ring (bicyclic) bond motifs is 3. The van der Waals surface area contributed by atoms with Crippen molar-refractivity contribution in [3.63, 3.8) is 0 Å².